The number of nitrogens with one attached hydrogen (secondary N) is 1. The Morgan fingerprint density at radius 3 is 2.50 bits per heavy atom. The summed E-state index contributed by atoms with van der Waals surface area (Å²) in [4.78, 5) is 11.8. The van der Waals surface area contributed by atoms with Crippen LogP contribution in [0.5, 0.6) is 5.75 Å². The molecule has 0 aromatic heterocycles. The first kappa shape index (κ1) is 23.9. The molecule has 184 valence electrons. The van der Waals surface area contributed by atoms with Crippen molar-refractivity contribution in [2.75, 3.05) is 13.7 Å². The van der Waals surface area contributed by atoms with Crippen molar-refractivity contribution in [3.8, 4) is 5.75 Å². The predicted octanol–water partition coefficient (Wildman–Crippen LogP) is 6.54. The topological polar surface area (TPSA) is 47.6 Å². The number of methoxy groups -OCH3 is 1. The number of rotatable bonds is 6. The second kappa shape index (κ2) is 10.1. The zero-order valence-electron chi connectivity index (χ0n) is 20.1. The molecule has 1 N–H and O–H groups in total. The van der Waals surface area contributed by atoms with Crippen LogP contribution in [0.2, 0.25) is 0 Å². The number of para-hydroxylation sites is 1. The van der Waals surface area contributed by atoms with Crippen LogP contribution in [-0.4, -0.2) is 25.7 Å². The van der Waals surface area contributed by atoms with E-state index >= 15 is 0 Å². The van der Waals surface area contributed by atoms with Gasteiger partial charge >= 0.3 is 5.97 Å². The Balaban J connectivity index is 1.39. The highest BCUT2D eigenvalue weighted by Crippen LogP contribution is 2.41. The molecule has 0 amide bonds. The van der Waals surface area contributed by atoms with E-state index in [9.17, 15) is 13.6 Å². The van der Waals surface area contributed by atoms with Crippen LogP contribution >= 0.6 is 0 Å². The van der Waals surface area contributed by atoms with Crippen LogP contribution in [0.1, 0.15) is 52.4 Å². The van der Waals surface area contributed by atoms with Crippen molar-refractivity contribution >= 4 is 16.7 Å². The van der Waals surface area contributed by atoms with Crippen LogP contribution in [0, 0.1) is 11.6 Å². The Kier molecular flexibility index (Phi) is 6.70. The number of hydrogen-bond donors (Lipinski definition) is 1. The predicted molar refractivity (Wildman–Crippen MR) is 135 cm³/mol. The first-order valence-corrected chi connectivity index (χ1v) is 12.0. The van der Waals surface area contributed by atoms with Gasteiger partial charge in [-0.3, -0.25) is 0 Å². The molecule has 0 saturated carbocycles. The molecule has 3 atom stereocenters. The molecule has 36 heavy (non-hydrogen) atoms. The fraction of sp³-hybridized carbons (Fsp3) is 0.233. The molecule has 0 radical (unpaired) electrons. The molecule has 0 fully saturated rings. The smallest absolute Gasteiger partial charge is 0.343 e. The lowest BCUT2D eigenvalue weighted by atomic mass is 9.83. The molecule has 1 aliphatic heterocycles. The summed E-state index contributed by atoms with van der Waals surface area (Å²) in [5, 5.41) is 5.97. The zero-order chi connectivity index (χ0) is 25.2. The summed E-state index contributed by atoms with van der Waals surface area (Å²) in [6.45, 7) is 2.67. The minimum absolute atomic E-state index is 0.0737. The van der Waals surface area contributed by atoms with Gasteiger partial charge in [0.15, 0.2) is 0 Å². The van der Waals surface area contributed by atoms with Gasteiger partial charge in [-0.1, -0.05) is 60.7 Å². The monoisotopic (exact) mass is 487 g/mol. The van der Waals surface area contributed by atoms with Crippen molar-refractivity contribution in [2.45, 2.75) is 31.4 Å². The van der Waals surface area contributed by atoms with Crippen molar-refractivity contribution in [1.29, 1.82) is 0 Å². The lowest BCUT2D eigenvalue weighted by molar-refractivity contribution is 0.0589. The van der Waals surface area contributed by atoms with Crippen LogP contribution in [0.4, 0.5) is 8.78 Å². The molecule has 1 aliphatic rings. The van der Waals surface area contributed by atoms with E-state index in [0.29, 0.717) is 24.3 Å². The van der Waals surface area contributed by atoms with Gasteiger partial charge in [-0.05, 0) is 53.4 Å². The minimum atomic E-state index is -1.03. The summed E-state index contributed by atoms with van der Waals surface area (Å²) in [5.41, 5.74) is 1.84. The fourth-order valence-corrected chi connectivity index (χ4v) is 5.07. The molecule has 6 heteroatoms. The number of hydrogen-bond acceptors (Lipinski definition) is 4. The molecular formula is C30H27F2NO3. The molecular weight excluding hydrogens is 460 g/mol. The van der Waals surface area contributed by atoms with Gasteiger partial charge in [0, 0.05) is 24.1 Å². The first-order valence-electron chi connectivity index (χ1n) is 12.0. The molecule has 0 bridgehead atoms. The maximum Gasteiger partial charge on any atom is 0.343 e. The maximum absolute atomic E-state index is 14.8. The number of esters is 1. The largest absolute Gasteiger partial charge is 0.489 e. The van der Waals surface area contributed by atoms with Gasteiger partial charge in [0.2, 0.25) is 0 Å². The Hall–Kier alpha value is -3.77. The highest BCUT2D eigenvalue weighted by Gasteiger charge is 2.31. The zero-order valence-corrected chi connectivity index (χ0v) is 20.1. The Morgan fingerprint density at radius 1 is 1.03 bits per heavy atom. The molecule has 0 saturated heterocycles. The lowest BCUT2D eigenvalue weighted by Gasteiger charge is -2.33. The second-order valence-electron chi connectivity index (χ2n) is 9.12. The lowest BCUT2D eigenvalue weighted by Crippen LogP contribution is -2.37. The van der Waals surface area contributed by atoms with E-state index in [1.165, 1.54) is 28.5 Å². The average Bonchev–Trinajstić information content (AvgIpc) is 2.90. The van der Waals surface area contributed by atoms with Crippen LogP contribution in [0.15, 0.2) is 78.9 Å². The van der Waals surface area contributed by atoms with Crippen LogP contribution in [0.3, 0.4) is 0 Å². The van der Waals surface area contributed by atoms with Crippen molar-refractivity contribution < 1.29 is 23.0 Å². The first-order chi connectivity index (χ1) is 17.5. The number of ether oxygens (including phenoxy) is 2. The normalized spacial score (nSPS) is 17.8. The Morgan fingerprint density at radius 2 is 1.72 bits per heavy atom. The van der Waals surface area contributed by atoms with Gasteiger partial charge in [0.1, 0.15) is 29.1 Å². The SMILES string of the molecule is COC(=O)c1c(F)cc([C@@H]2C[C@H](CN[C@H](C)c3cccc4ccccc34)Oc3ccccc32)cc1F. The molecule has 4 aromatic rings. The van der Waals surface area contributed by atoms with Gasteiger partial charge < -0.3 is 14.8 Å². The van der Waals surface area contributed by atoms with Crippen LogP contribution in [0.25, 0.3) is 10.8 Å². The number of halogens is 2. The van der Waals surface area contributed by atoms with E-state index in [0.717, 1.165) is 12.7 Å². The molecule has 4 aromatic carbocycles. The fourth-order valence-electron chi connectivity index (χ4n) is 5.07. The van der Waals surface area contributed by atoms with Crippen molar-refractivity contribution in [1.82, 2.24) is 5.32 Å². The number of fused-ring (bicyclic) bond motifs is 2. The number of carbonyl (C=O) groups excluding carboxylic acids is 1. The third-order valence-corrected chi connectivity index (χ3v) is 6.88. The second-order valence-corrected chi connectivity index (χ2v) is 9.12. The molecule has 4 nitrogen and oxygen atoms in total. The molecule has 0 aliphatic carbocycles. The third-order valence-electron chi connectivity index (χ3n) is 6.88. The van der Waals surface area contributed by atoms with E-state index in [-0.39, 0.29) is 18.1 Å². The standard InChI is InChI=1S/C30H27F2NO3/c1-18(22-12-7-9-19-8-3-4-10-23(19)22)33-17-21-16-25(24-11-5-6-13-28(24)36-21)20-14-26(31)29(27(32)15-20)30(34)35-2/h3-15,18,21,25,33H,16-17H2,1-2H3/t18-,21-,25+/m1/s1. The summed E-state index contributed by atoms with van der Waals surface area (Å²) in [6.07, 6.45) is 0.316. The summed E-state index contributed by atoms with van der Waals surface area (Å²) in [6, 6.07) is 24.6. The quantitative estimate of drug-likeness (QED) is 0.314. The highest BCUT2D eigenvalue weighted by molar-refractivity contribution is 5.90. The van der Waals surface area contributed by atoms with Gasteiger partial charge in [-0.15, -0.1) is 0 Å². The Labute approximate surface area is 208 Å². The van der Waals surface area contributed by atoms with Gasteiger partial charge in [-0.2, -0.15) is 0 Å². The highest BCUT2D eigenvalue weighted by atomic mass is 19.1. The molecule has 0 spiro atoms. The third kappa shape index (κ3) is 4.56. The summed E-state index contributed by atoms with van der Waals surface area (Å²) in [7, 11) is 1.10. The summed E-state index contributed by atoms with van der Waals surface area (Å²) in [5.74, 6) is -2.49. The maximum atomic E-state index is 14.8. The van der Waals surface area contributed by atoms with E-state index < -0.39 is 23.2 Å². The van der Waals surface area contributed by atoms with Crippen LogP contribution in [-0.2, 0) is 4.74 Å². The van der Waals surface area contributed by atoms with Gasteiger partial charge in [0.25, 0.3) is 0 Å². The summed E-state index contributed by atoms with van der Waals surface area (Å²) < 4.78 is 40.3. The molecule has 1 heterocycles. The van der Waals surface area contributed by atoms with Crippen molar-refractivity contribution in [3.05, 3.63) is 113 Å². The van der Waals surface area contributed by atoms with E-state index in [4.69, 9.17) is 4.74 Å². The van der Waals surface area contributed by atoms with Gasteiger partial charge in [-0.25, -0.2) is 13.6 Å². The molecule has 0 unspecified atom stereocenters. The van der Waals surface area contributed by atoms with Crippen LogP contribution < -0.4 is 10.1 Å². The average molecular weight is 488 g/mol. The number of carbonyl (C=O) groups is 1. The summed E-state index contributed by atoms with van der Waals surface area (Å²) >= 11 is 0. The van der Waals surface area contributed by atoms with E-state index in [2.05, 4.69) is 47.3 Å². The van der Waals surface area contributed by atoms with Crippen molar-refractivity contribution in [3.63, 3.8) is 0 Å². The molecule has 5 rings (SSSR count). The Bertz CT molecular complexity index is 1390. The van der Waals surface area contributed by atoms with Crippen molar-refractivity contribution in [2.24, 2.45) is 0 Å². The van der Waals surface area contributed by atoms with E-state index in [1.807, 2.05) is 36.4 Å². The van der Waals surface area contributed by atoms with E-state index in [1.54, 1.807) is 0 Å². The van der Waals surface area contributed by atoms with Gasteiger partial charge in [0.05, 0.1) is 7.11 Å². The minimum Gasteiger partial charge on any atom is -0.489 e. The number of benzene rings is 4.